The van der Waals surface area contributed by atoms with Gasteiger partial charge < -0.3 is 9.84 Å². The minimum atomic E-state index is -0.763. The van der Waals surface area contributed by atoms with Crippen LogP contribution in [0.4, 0.5) is 0 Å². The summed E-state index contributed by atoms with van der Waals surface area (Å²) >= 11 is 2.19. The molecule has 0 aromatic carbocycles. The number of carboxylic acid groups (broad SMARTS) is 1. The molecule has 0 saturated heterocycles. The van der Waals surface area contributed by atoms with Crippen LogP contribution in [0, 0.1) is 5.92 Å². The fourth-order valence-electron chi connectivity index (χ4n) is 0.644. The van der Waals surface area contributed by atoms with E-state index in [1.165, 1.54) is 0 Å². The molecule has 0 fully saturated rings. The van der Waals surface area contributed by atoms with Gasteiger partial charge in [-0.2, -0.15) is 0 Å². The maximum atomic E-state index is 10.4. The third kappa shape index (κ3) is 5.43. The smallest absolute Gasteiger partial charge is 0.308 e. The highest BCUT2D eigenvalue weighted by atomic mass is 127. The Morgan fingerprint density at radius 1 is 1.73 bits per heavy atom. The number of carboxylic acids is 1. The van der Waals surface area contributed by atoms with Gasteiger partial charge in [-0.25, -0.2) is 0 Å². The van der Waals surface area contributed by atoms with Gasteiger partial charge in [0.25, 0.3) is 0 Å². The van der Waals surface area contributed by atoms with Crippen LogP contribution in [0.3, 0.4) is 0 Å². The molecule has 0 amide bonds. The van der Waals surface area contributed by atoms with Crippen LogP contribution < -0.4 is 0 Å². The molecule has 1 unspecified atom stereocenters. The van der Waals surface area contributed by atoms with Crippen molar-refractivity contribution in [3.8, 4) is 0 Å². The molecule has 0 bridgehead atoms. The molecule has 4 heteroatoms. The average Bonchev–Trinajstić information content (AvgIpc) is 1.97. The number of halogens is 1. The van der Waals surface area contributed by atoms with Gasteiger partial charge in [-0.3, -0.25) is 4.79 Å². The molecule has 0 radical (unpaired) electrons. The third-order valence-electron chi connectivity index (χ3n) is 1.38. The fourth-order valence-corrected chi connectivity index (χ4v) is 0.955. The van der Waals surface area contributed by atoms with Gasteiger partial charge in [0, 0.05) is 4.43 Å². The maximum absolute atomic E-state index is 10.4. The number of aliphatic carboxylic acids is 1. The first-order chi connectivity index (χ1) is 5.22. The quantitative estimate of drug-likeness (QED) is 0.453. The molecule has 1 N–H and O–H groups in total. The van der Waals surface area contributed by atoms with E-state index in [0.29, 0.717) is 19.6 Å². The van der Waals surface area contributed by atoms with Gasteiger partial charge in [-0.1, -0.05) is 29.5 Å². The lowest BCUT2D eigenvalue weighted by molar-refractivity contribution is -0.143. The summed E-state index contributed by atoms with van der Waals surface area (Å²) in [6.45, 7) is 2.84. The van der Waals surface area contributed by atoms with Gasteiger partial charge in [0.15, 0.2) is 0 Å². The van der Waals surface area contributed by atoms with Crippen LogP contribution in [0.5, 0.6) is 0 Å². The van der Waals surface area contributed by atoms with Crippen LogP contribution in [0.15, 0.2) is 0 Å². The van der Waals surface area contributed by atoms with Crippen molar-refractivity contribution >= 4 is 28.6 Å². The van der Waals surface area contributed by atoms with E-state index >= 15 is 0 Å². The lowest BCUT2D eigenvalue weighted by atomic mass is 10.1. The van der Waals surface area contributed by atoms with Crippen molar-refractivity contribution < 1.29 is 14.6 Å². The lowest BCUT2D eigenvalue weighted by Crippen LogP contribution is -2.19. The SMILES string of the molecule is CCC(COCCI)C(=O)O. The van der Waals surface area contributed by atoms with Gasteiger partial charge in [0.1, 0.15) is 0 Å². The van der Waals surface area contributed by atoms with Crippen molar-refractivity contribution in [3.63, 3.8) is 0 Å². The summed E-state index contributed by atoms with van der Waals surface area (Å²) in [5, 5.41) is 8.59. The number of hydrogen-bond donors (Lipinski definition) is 1. The van der Waals surface area contributed by atoms with Crippen molar-refractivity contribution in [2.24, 2.45) is 5.92 Å². The van der Waals surface area contributed by atoms with E-state index in [1.54, 1.807) is 0 Å². The molecule has 0 aliphatic carbocycles. The Bertz CT molecular complexity index is 116. The summed E-state index contributed by atoms with van der Waals surface area (Å²) < 4.78 is 6.02. The van der Waals surface area contributed by atoms with Crippen LogP contribution in [-0.4, -0.2) is 28.7 Å². The first kappa shape index (κ1) is 11.2. The van der Waals surface area contributed by atoms with Crippen LogP contribution in [0.2, 0.25) is 0 Å². The van der Waals surface area contributed by atoms with Gasteiger partial charge in [-0.15, -0.1) is 0 Å². The van der Waals surface area contributed by atoms with E-state index in [0.717, 1.165) is 4.43 Å². The molecular weight excluding hydrogens is 259 g/mol. The Morgan fingerprint density at radius 3 is 2.73 bits per heavy atom. The number of ether oxygens (including phenoxy) is 1. The fraction of sp³-hybridized carbons (Fsp3) is 0.857. The van der Waals surface area contributed by atoms with Crippen molar-refractivity contribution in [3.05, 3.63) is 0 Å². The normalized spacial score (nSPS) is 12.9. The van der Waals surface area contributed by atoms with E-state index in [4.69, 9.17) is 9.84 Å². The molecule has 0 aliphatic rings. The summed E-state index contributed by atoms with van der Waals surface area (Å²) in [7, 11) is 0. The van der Waals surface area contributed by atoms with Crippen LogP contribution in [0.25, 0.3) is 0 Å². The molecule has 0 aromatic heterocycles. The monoisotopic (exact) mass is 272 g/mol. The Morgan fingerprint density at radius 2 is 2.36 bits per heavy atom. The van der Waals surface area contributed by atoms with Gasteiger partial charge in [-0.05, 0) is 6.42 Å². The van der Waals surface area contributed by atoms with E-state index in [1.807, 2.05) is 6.92 Å². The molecule has 11 heavy (non-hydrogen) atoms. The predicted octanol–water partition coefficient (Wildman–Crippen LogP) is 1.55. The molecule has 3 nitrogen and oxygen atoms in total. The molecule has 66 valence electrons. The molecular formula is C7H13IO3. The van der Waals surface area contributed by atoms with Crippen LogP contribution in [-0.2, 0) is 9.53 Å². The second kappa shape index (κ2) is 6.84. The summed E-state index contributed by atoms with van der Waals surface area (Å²) in [6.07, 6.45) is 0.635. The Hall–Kier alpha value is 0.160. The topological polar surface area (TPSA) is 46.5 Å². The minimum Gasteiger partial charge on any atom is -0.481 e. The van der Waals surface area contributed by atoms with Crippen molar-refractivity contribution in [2.45, 2.75) is 13.3 Å². The summed E-state index contributed by atoms with van der Waals surface area (Å²) in [5.74, 6) is -1.10. The van der Waals surface area contributed by atoms with E-state index in [9.17, 15) is 4.79 Å². The zero-order valence-corrected chi connectivity index (χ0v) is 8.70. The maximum Gasteiger partial charge on any atom is 0.308 e. The standard InChI is InChI=1S/C7H13IO3/c1-2-6(7(9)10)5-11-4-3-8/h6H,2-5H2,1H3,(H,9,10). The second-order valence-corrected chi connectivity index (χ2v) is 3.29. The number of alkyl halides is 1. The molecule has 1 atom stereocenters. The molecule has 0 aromatic rings. The average molecular weight is 272 g/mol. The lowest BCUT2D eigenvalue weighted by Gasteiger charge is -2.08. The molecule has 0 rings (SSSR count). The Labute approximate surface area is 80.3 Å². The summed E-state index contributed by atoms with van der Waals surface area (Å²) in [4.78, 5) is 10.4. The summed E-state index contributed by atoms with van der Waals surface area (Å²) in [5.41, 5.74) is 0. The van der Waals surface area contributed by atoms with E-state index in [-0.39, 0.29) is 5.92 Å². The highest BCUT2D eigenvalue weighted by molar-refractivity contribution is 14.1. The van der Waals surface area contributed by atoms with Gasteiger partial charge in [0.05, 0.1) is 19.1 Å². The summed E-state index contributed by atoms with van der Waals surface area (Å²) in [6, 6.07) is 0. The molecule has 0 heterocycles. The molecule has 0 saturated carbocycles. The minimum absolute atomic E-state index is 0.335. The first-order valence-electron chi connectivity index (χ1n) is 3.58. The van der Waals surface area contributed by atoms with Crippen LogP contribution in [0.1, 0.15) is 13.3 Å². The largest absolute Gasteiger partial charge is 0.481 e. The van der Waals surface area contributed by atoms with Gasteiger partial charge in [0.2, 0.25) is 0 Å². The highest BCUT2D eigenvalue weighted by Gasteiger charge is 2.14. The first-order valence-corrected chi connectivity index (χ1v) is 5.11. The number of carbonyl (C=O) groups is 1. The zero-order valence-electron chi connectivity index (χ0n) is 6.55. The highest BCUT2D eigenvalue weighted by Crippen LogP contribution is 2.02. The van der Waals surface area contributed by atoms with Gasteiger partial charge >= 0.3 is 5.97 Å². The number of rotatable bonds is 6. The zero-order chi connectivity index (χ0) is 8.69. The molecule has 0 aliphatic heterocycles. The number of hydrogen-bond acceptors (Lipinski definition) is 2. The second-order valence-electron chi connectivity index (χ2n) is 2.21. The Kier molecular flexibility index (Phi) is 6.94. The Balaban J connectivity index is 3.44. The van der Waals surface area contributed by atoms with Crippen molar-refractivity contribution in [1.82, 2.24) is 0 Å². The van der Waals surface area contributed by atoms with E-state index < -0.39 is 5.97 Å². The third-order valence-corrected chi connectivity index (χ3v) is 1.82. The van der Waals surface area contributed by atoms with Crippen molar-refractivity contribution in [2.75, 3.05) is 17.6 Å². The molecule has 0 spiro atoms. The van der Waals surface area contributed by atoms with Crippen LogP contribution >= 0.6 is 22.6 Å². The van der Waals surface area contributed by atoms with Crippen molar-refractivity contribution in [1.29, 1.82) is 0 Å². The van der Waals surface area contributed by atoms with E-state index in [2.05, 4.69) is 22.6 Å². The predicted molar refractivity (Wildman–Crippen MR) is 51.1 cm³/mol.